The second kappa shape index (κ2) is 5.61. The number of oxime groups is 1. The molecule has 2 aromatic rings. The van der Waals surface area contributed by atoms with Crippen LogP contribution in [0.5, 0.6) is 5.75 Å². The van der Waals surface area contributed by atoms with Crippen LogP contribution in [0.25, 0.3) is 0 Å². The lowest BCUT2D eigenvalue weighted by molar-refractivity contribution is -0.102. The van der Waals surface area contributed by atoms with E-state index in [1.165, 1.54) is 11.3 Å². The Labute approximate surface area is 112 Å². The van der Waals surface area contributed by atoms with Gasteiger partial charge in [-0.05, 0) is 24.3 Å². The molecule has 0 saturated carbocycles. The van der Waals surface area contributed by atoms with Crippen LogP contribution in [-0.4, -0.2) is 17.0 Å². The van der Waals surface area contributed by atoms with Gasteiger partial charge in [0.05, 0.1) is 0 Å². The molecule has 0 aliphatic carbocycles. The number of nitrogen functional groups attached to an aromatic ring is 1. The van der Waals surface area contributed by atoms with Crippen molar-refractivity contribution in [3.8, 4) is 5.75 Å². The second-order valence-electron chi connectivity index (χ2n) is 3.21. The molecule has 0 bridgehead atoms. The minimum atomic E-state index is 0.0814. The summed E-state index contributed by atoms with van der Waals surface area (Å²) in [5.74, 6) is 0.474. The number of thiazole rings is 1. The number of nitrogens with two attached hydrogens (primary N) is 1. The second-order valence-corrected chi connectivity index (χ2v) is 4.54. The molecule has 2 rings (SSSR count). The van der Waals surface area contributed by atoms with Crippen LogP contribution >= 0.6 is 22.9 Å². The van der Waals surface area contributed by atoms with E-state index in [9.17, 15) is 4.79 Å². The highest BCUT2D eigenvalue weighted by atomic mass is 35.5. The lowest BCUT2D eigenvalue weighted by Crippen LogP contribution is -2.05. The van der Waals surface area contributed by atoms with Crippen molar-refractivity contribution in [3.05, 3.63) is 40.4 Å². The Morgan fingerprint density at radius 3 is 2.72 bits per heavy atom. The molecule has 0 spiro atoms. The van der Waals surface area contributed by atoms with E-state index in [2.05, 4.69) is 10.1 Å². The highest BCUT2D eigenvalue weighted by Crippen LogP contribution is 2.16. The van der Waals surface area contributed by atoms with Crippen LogP contribution in [0.4, 0.5) is 5.13 Å². The Kier molecular flexibility index (Phi) is 3.91. The third-order valence-electron chi connectivity index (χ3n) is 1.96. The molecule has 92 valence electrons. The molecular weight excluding hydrogens is 274 g/mol. The molecule has 0 amide bonds. The van der Waals surface area contributed by atoms with Crippen LogP contribution in [0.2, 0.25) is 5.02 Å². The lowest BCUT2D eigenvalue weighted by Gasteiger charge is -1.99. The zero-order chi connectivity index (χ0) is 13.0. The van der Waals surface area contributed by atoms with E-state index in [0.29, 0.717) is 27.9 Å². The number of aldehydes is 1. The van der Waals surface area contributed by atoms with Gasteiger partial charge in [-0.25, -0.2) is 4.98 Å². The van der Waals surface area contributed by atoms with E-state index in [1.807, 2.05) is 0 Å². The van der Waals surface area contributed by atoms with Crippen LogP contribution in [-0.2, 0) is 4.79 Å². The topological polar surface area (TPSA) is 77.6 Å². The molecule has 7 heteroatoms. The number of carbonyl (C=O) groups excluding carboxylic acids is 1. The lowest BCUT2D eigenvalue weighted by atomic mass is 10.3. The predicted molar refractivity (Wildman–Crippen MR) is 71.2 cm³/mol. The van der Waals surface area contributed by atoms with Gasteiger partial charge < -0.3 is 10.6 Å². The molecule has 1 heterocycles. The molecule has 1 aromatic carbocycles. The number of aromatic nitrogens is 1. The molecular formula is C11H8ClN3O2S. The fourth-order valence-corrected chi connectivity index (χ4v) is 1.81. The fourth-order valence-electron chi connectivity index (χ4n) is 1.13. The summed E-state index contributed by atoms with van der Waals surface area (Å²) in [4.78, 5) is 19.9. The average molecular weight is 282 g/mol. The summed E-state index contributed by atoms with van der Waals surface area (Å²) in [5.41, 5.74) is 5.95. The third-order valence-corrected chi connectivity index (χ3v) is 2.88. The molecule has 0 unspecified atom stereocenters. The summed E-state index contributed by atoms with van der Waals surface area (Å²) < 4.78 is 0. The van der Waals surface area contributed by atoms with Crippen molar-refractivity contribution in [3.63, 3.8) is 0 Å². The maximum absolute atomic E-state index is 10.9. The maximum atomic E-state index is 10.9. The van der Waals surface area contributed by atoms with Gasteiger partial charge in [0.15, 0.2) is 22.9 Å². The number of hydrogen-bond donors (Lipinski definition) is 1. The normalized spacial score (nSPS) is 11.3. The number of halogens is 1. The maximum Gasteiger partial charge on any atom is 0.180 e. The Morgan fingerprint density at radius 1 is 1.44 bits per heavy atom. The summed E-state index contributed by atoms with van der Waals surface area (Å²) in [6.07, 6.45) is 0.560. The number of anilines is 1. The van der Waals surface area contributed by atoms with Gasteiger partial charge in [0.1, 0.15) is 5.69 Å². The van der Waals surface area contributed by atoms with Crippen LogP contribution in [0, 0.1) is 0 Å². The van der Waals surface area contributed by atoms with Gasteiger partial charge in [-0.3, -0.25) is 4.79 Å². The minimum Gasteiger partial charge on any atom is -0.375 e. The number of benzene rings is 1. The van der Waals surface area contributed by atoms with Crippen LogP contribution in [0.1, 0.15) is 5.69 Å². The van der Waals surface area contributed by atoms with Gasteiger partial charge in [0.2, 0.25) is 0 Å². The van der Waals surface area contributed by atoms with Gasteiger partial charge in [-0.2, -0.15) is 0 Å². The Hall–Kier alpha value is -1.92. The van der Waals surface area contributed by atoms with E-state index in [1.54, 1.807) is 29.6 Å². The molecule has 0 saturated heterocycles. The van der Waals surface area contributed by atoms with Gasteiger partial charge in [-0.1, -0.05) is 16.8 Å². The summed E-state index contributed by atoms with van der Waals surface area (Å²) in [5, 5.41) is 6.31. The molecule has 0 aliphatic rings. The smallest absolute Gasteiger partial charge is 0.180 e. The van der Waals surface area contributed by atoms with Crippen molar-refractivity contribution in [2.75, 3.05) is 5.73 Å². The van der Waals surface area contributed by atoms with E-state index < -0.39 is 0 Å². The predicted octanol–water partition coefficient (Wildman–Crippen LogP) is 2.36. The van der Waals surface area contributed by atoms with Gasteiger partial charge >= 0.3 is 0 Å². The summed E-state index contributed by atoms with van der Waals surface area (Å²) in [7, 11) is 0. The van der Waals surface area contributed by atoms with Gasteiger partial charge in [-0.15, -0.1) is 11.3 Å². The van der Waals surface area contributed by atoms with Gasteiger partial charge in [0, 0.05) is 10.4 Å². The van der Waals surface area contributed by atoms with Crippen LogP contribution in [0.15, 0.2) is 34.8 Å². The Morgan fingerprint density at radius 2 is 2.17 bits per heavy atom. The molecule has 5 nitrogen and oxygen atoms in total. The molecule has 1 aromatic heterocycles. The van der Waals surface area contributed by atoms with Crippen molar-refractivity contribution < 1.29 is 9.63 Å². The largest absolute Gasteiger partial charge is 0.375 e. The van der Waals surface area contributed by atoms with E-state index in [-0.39, 0.29) is 5.71 Å². The molecule has 0 radical (unpaired) electrons. The first kappa shape index (κ1) is 12.5. The highest BCUT2D eigenvalue weighted by molar-refractivity contribution is 7.13. The molecule has 0 aliphatic heterocycles. The van der Waals surface area contributed by atoms with E-state index in [4.69, 9.17) is 22.2 Å². The number of hydrogen-bond acceptors (Lipinski definition) is 6. The third kappa shape index (κ3) is 3.06. The summed E-state index contributed by atoms with van der Waals surface area (Å²) in [6.45, 7) is 0. The first-order chi connectivity index (χ1) is 8.69. The van der Waals surface area contributed by atoms with Gasteiger partial charge in [0.25, 0.3) is 0 Å². The Bertz CT molecular complexity index is 580. The van der Waals surface area contributed by atoms with Crippen molar-refractivity contribution in [2.45, 2.75) is 0 Å². The zero-order valence-corrected chi connectivity index (χ0v) is 10.6. The zero-order valence-electron chi connectivity index (χ0n) is 9.04. The molecule has 2 N–H and O–H groups in total. The van der Waals surface area contributed by atoms with E-state index in [0.717, 1.165) is 0 Å². The standard InChI is InChI=1S/C11H8ClN3O2S/c12-7-1-3-8(4-2-7)17-15-9(5-16)10-6-18-11(13)14-10/h1-6H,(H2,13,14). The van der Waals surface area contributed by atoms with Crippen molar-refractivity contribution in [1.29, 1.82) is 0 Å². The van der Waals surface area contributed by atoms with E-state index >= 15 is 0 Å². The summed E-state index contributed by atoms with van der Waals surface area (Å²) in [6, 6.07) is 6.61. The highest BCUT2D eigenvalue weighted by Gasteiger charge is 2.07. The van der Waals surface area contributed by atoms with Crippen molar-refractivity contribution in [2.24, 2.45) is 5.16 Å². The average Bonchev–Trinajstić information content (AvgIpc) is 2.79. The molecule has 0 fully saturated rings. The van der Waals surface area contributed by atoms with Crippen molar-refractivity contribution in [1.82, 2.24) is 4.98 Å². The quantitative estimate of drug-likeness (QED) is 0.530. The monoisotopic (exact) mass is 281 g/mol. The van der Waals surface area contributed by atoms with Crippen LogP contribution < -0.4 is 10.6 Å². The number of carbonyl (C=O) groups is 1. The number of nitrogens with zero attached hydrogens (tertiary/aromatic N) is 2. The minimum absolute atomic E-state index is 0.0814. The molecule has 18 heavy (non-hydrogen) atoms. The van der Waals surface area contributed by atoms with Crippen molar-refractivity contribution >= 4 is 40.1 Å². The summed E-state index contributed by atoms with van der Waals surface area (Å²) >= 11 is 6.96. The molecule has 0 atom stereocenters. The Balaban J connectivity index is 2.15. The fraction of sp³-hybridized carbons (Fsp3) is 0. The SMILES string of the molecule is Nc1nc(C(C=O)=NOc2ccc(Cl)cc2)cs1. The first-order valence-corrected chi connectivity index (χ1v) is 6.12. The van der Waals surface area contributed by atoms with Crippen LogP contribution in [0.3, 0.4) is 0 Å². The first-order valence-electron chi connectivity index (χ1n) is 4.86. The number of rotatable bonds is 4.